The maximum absolute atomic E-state index is 12.6. The van der Waals surface area contributed by atoms with Crippen LogP contribution in [-0.2, 0) is 11.6 Å². The molecule has 2 atom stereocenters. The summed E-state index contributed by atoms with van der Waals surface area (Å²) in [7, 11) is 0. The van der Waals surface area contributed by atoms with Gasteiger partial charge in [-0.3, -0.25) is 0 Å². The van der Waals surface area contributed by atoms with Crippen LogP contribution in [0.25, 0.3) is 0 Å². The molecule has 0 aromatic heterocycles. The minimum Gasteiger partial charge on any atom is -0.302 e. The van der Waals surface area contributed by atoms with Gasteiger partial charge in [0.15, 0.2) is 0 Å². The number of likely N-dealkylation sites (tertiary alicyclic amines) is 1. The second-order valence-corrected chi connectivity index (χ2v) is 6.64. The third-order valence-electron chi connectivity index (χ3n) is 4.86. The van der Waals surface area contributed by atoms with Crippen molar-refractivity contribution in [3.8, 4) is 0 Å². The van der Waals surface area contributed by atoms with Gasteiger partial charge in [-0.15, -0.1) is 11.6 Å². The largest absolute Gasteiger partial charge is 0.416 e. The highest BCUT2D eigenvalue weighted by molar-refractivity contribution is 6.17. The molecule has 2 aliphatic rings. The molecule has 5 heteroatoms. The molecule has 0 bridgehead atoms. The van der Waals surface area contributed by atoms with Crippen LogP contribution in [0.5, 0.6) is 0 Å². The van der Waals surface area contributed by atoms with E-state index in [4.69, 9.17) is 11.6 Å². The van der Waals surface area contributed by atoms with Crippen molar-refractivity contribution in [3.63, 3.8) is 0 Å². The van der Waals surface area contributed by atoms with Gasteiger partial charge >= 0.3 is 6.18 Å². The Morgan fingerprint density at radius 2 is 1.90 bits per heavy atom. The molecule has 1 aliphatic carbocycles. The van der Waals surface area contributed by atoms with Gasteiger partial charge in [-0.25, -0.2) is 0 Å². The number of rotatable bonds is 5. The van der Waals surface area contributed by atoms with E-state index in [1.54, 1.807) is 12.1 Å². The molecule has 1 aliphatic heterocycles. The lowest BCUT2D eigenvalue weighted by molar-refractivity contribution is -0.137. The second-order valence-electron chi connectivity index (χ2n) is 6.26. The fraction of sp³-hybridized carbons (Fsp3) is 0.625. The number of unbranched alkanes of at least 4 members (excludes halogenated alkanes) is 1. The van der Waals surface area contributed by atoms with Crippen molar-refractivity contribution in [2.75, 3.05) is 25.5 Å². The summed E-state index contributed by atoms with van der Waals surface area (Å²) in [6, 6.07) is 5.78. The molecule has 21 heavy (non-hydrogen) atoms. The number of hydrogen-bond acceptors (Lipinski definition) is 1. The van der Waals surface area contributed by atoms with Crippen molar-refractivity contribution in [3.05, 3.63) is 35.4 Å². The highest BCUT2D eigenvalue weighted by atomic mass is 35.5. The van der Waals surface area contributed by atoms with E-state index in [0.717, 1.165) is 44.5 Å². The smallest absolute Gasteiger partial charge is 0.302 e. The molecule has 116 valence electrons. The van der Waals surface area contributed by atoms with E-state index in [-0.39, 0.29) is 5.41 Å². The third kappa shape index (κ3) is 2.93. The van der Waals surface area contributed by atoms with Gasteiger partial charge in [-0.05, 0) is 49.4 Å². The summed E-state index contributed by atoms with van der Waals surface area (Å²) in [5.74, 6) is 1.31. The maximum atomic E-state index is 12.6. The van der Waals surface area contributed by atoms with Gasteiger partial charge in [0.2, 0.25) is 0 Å². The van der Waals surface area contributed by atoms with Gasteiger partial charge < -0.3 is 4.90 Å². The van der Waals surface area contributed by atoms with Gasteiger partial charge in [-0.1, -0.05) is 12.1 Å². The molecular weight excluding hydrogens is 299 g/mol. The van der Waals surface area contributed by atoms with E-state index in [1.165, 1.54) is 12.1 Å². The predicted molar refractivity (Wildman–Crippen MR) is 77.6 cm³/mol. The van der Waals surface area contributed by atoms with E-state index in [2.05, 4.69) is 4.90 Å². The summed E-state index contributed by atoms with van der Waals surface area (Å²) in [4.78, 5) is 2.43. The SMILES string of the molecule is FC(F)(F)c1ccc([C@]23C[C@H]2CN(CCCCCl)C3)cc1. The van der Waals surface area contributed by atoms with E-state index in [0.29, 0.717) is 11.8 Å². The summed E-state index contributed by atoms with van der Waals surface area (Å²) < 4.78 is 37.9. The molecule has 0 N–H and O–H groups in total. The van der Waals surface area contributed by atoms with Crippen LogP contribution >= 0.6 is 11.6 Å². The third-order valence-corrected chi connectivity index (χ3v) is 5.13. The first-order chi connectivity index (χ1) is 9.95. The van der Waals surface area contributed by atoms with Crippen molar-refractivity contribution in [1.82, 2.24) is 4.90 Å². The van der Waals surface area contributed by atoms with Crippen LogP contribution < -0.4 is 0 Å². The molecule has 1 saturated heterocycles. The minimum absolute atomic E-state index is 0.116. The van der Waals surface area contributed by atoms with Crippen LogP contribution in [0, 0.1) is 5.92 Å². The molecule has 1 saturated carbocycles. The predicted octanol–water partition coefficient (Wildman–Crippen LogP) is 4.30. The summed E-state index contributed by atoms with van der Waals surface area (Å²) in [6.45, 7) is 3.10. The van der Waals surface area contributed by atoms with Crippen LogP contribution in [0.4, 0.5) is 13.2 Å². The monoisotopic (exact) mass is 317 g/mol. The molecule has 0 amide bonds. The van der Waals surface area contributed by atoms with Crippen molar-refractivity contribution >= 4 is 11.6 Å². The first-order valence-electron chi connectivity index (χ1n) is 7.42. The lowest BCUT2D eigenvalue weighted by Crippen LogP contribution is -2.27. The molecule has 1 nitrogen and oxygen atoms in total. The number of benzene rings is 1. The van der Waals surface area contributed by atoms with Crippen LogP contribution in [0.15, 0.2) is 24.3 Å². The Kier molecular flexibility index (Phi) is 3.95. The second kappa shape index (κ2) is 5.47. The Morgan fingerprint density at radius 1 is 1.19 bits per heavy atom. The Labute approximate surface area is 128 Å². The van der Waals surface area contributed by atoms with Crippen LogP contribution in [0.1, 0.15) is 30.4 Å². The molecule has 2 fully saturated rings. The van der Waals surface area contributed by atoms with Crippen molar-refractivity contribution in [2.24, 2.45) is 5.92 Å². The standard InChI is InChI=1S/C16H19ClF3N/c17-7-1-2-8-21-10-14-9-15(14,11-21)12-3-5-13(6-4-12)16(18,19)20/h3-6,14H,1-2,7-11H2/t14-,15+/m0/s1. The first kappa shape index (κ1) is 15.2. The van der Waals surface area contributed by atoms with Crippen molar-refractivity contribution < 1.29 is 13.2 Å². The Bertz CT molecular complexity index is 499. The summed E-state index contributed by atoms with van der Waals surface area (Å²) in [5, 5.41) is 0. The van der Waals surface area contributed by atoms with Gasteiger partial charge in [0.05, 0.1) is 5.56 Å². The molecular formula is C16H19ClF3N. The summed E-state index contributed by atoms with van der Waals surface area (Å²) >= 11 is 5.69. The Hall–Kier alpha value is -0.740. The summed E-state index contributed by atoms with van der Waals surface area (Å²) in [6.07, 6.45) is -1.01. The van der Waals surface area contributed by atoms with Crippen LogP contribution in [0.3, 0.4) is 0 Å². The number of nitrogens with zero attached hydrogens (tertiary/aromatic N) is 1. The molecule has 0 spiro atoms. The molecule has 0 radical (unpaired) electrons. The number of fused-ring (bicyclic) bond motifs is 1. The van der Waals surface area contributed by atoms with Crippen LogP contribution in [-0.4, -0.2) is 30.4 Å². The zero-order valence-corrected chi connectivity index (χ0v) is 12.6. The molecule has 1 aromatic rings. The zero-order chi connectivity index (χ0) is 15.1. The van der Waals surface area contributed by atoms with Gasteiger partial charge in [0.25, 0.3) is 0 Å². The van der Waals surface area contributed by atoms with Gasteiger partial charge in [0, 0.05) is 24.4 Å². The van der Waals surface area contributed by atoms with Gasteiger partial charge in [0.1, 0.15) is 0 Å². The van der Waals surface area contributed by atoms with Crippen LogP contribution in [0.2, 0.25) is 0 Å². The number of halogens is 4. The summed E-state index contributed by atoms with van der Waals surface area (Å²) in [5.41, 5.74) is 0.627. The van der Waals surface area contributed by atoms with E-state index in [9.17, 15) is 13.2 Å². The fourth-order valence-corrected chi connectivity index (χ4v) is 3.81. The van der Waals surface area contributed by atoms with Crippen molar-refractivity contribution in [2.45, 2.75) is 30.9 Å². The highest BCUT2D eigenvalue weighted by Gasteiger charge is 2.60. The fourth-order valence-electron chi connectivity index (χ4n) is 3.63. The first-order valence-corrected chi connectivity index (χ1v) is 7.95. The number of hydrogen-bond donors (Lipinski definition) is 0. The average molecular weight is 318 g/mol. The lowest BCUT2D eigenvalue weighted by Gasteiger charge is -2.21. The number of alkyl halides is 4. The Morgan fingerprint density at radius 3 is 2.52 bits per heavy atom. The topological polar surface area (TPSA) is 3.24 Å². The van der Waals surface area contributed by atoms with E-state index < -0.39 is 11.7 Å². The molecule has 3 rings (SSSR count). The zero-order valence-electron chi connectivity index (χ0n) is 11.8. The highest BCUT2D eigenvalue weighted by Crippen LogP contribution is 2.59. The minimum atomic E-state index is -4.25. The average Bonchev–Trinajstić information content (AvgIpc) is 3.02. The maximum Gasteiger partial charge on any atom is 0.416 e. The Balaban J connectivity index is 1.65. The molecule has 1 aromatic carbocycles. The number of piperidine rings is 1. The van der Waals surface area contributed by atoms with E-state index in [1.807, 2.05) is 0 Å². The quantitative estimate of drug-likeness (QED) is 0.578. The lowest BCUT2D eigenvalue weighted by atomic mass is 9.94. The van der Waals surface area contributed by atoms with Crippen molar-refractivity contribution in [1.29, 1.82) is 0 Å². The van der Waals surface area contributed by atoms with E-state index >= 15 is 0 Å². The molecule has 1 heterocycles. The molecule has 0 unspecified atom stereocenters. The van der Waals surface area contributed by atoms with Gasteiger partial charge in [-0.2, -0.15) is 13.2 Å². The normalized spacial score (nSPS) is 28.7.